The first-order valence-corrected chi connectivity index (χ1v) is 11.7. The summed E-state index contributed by atoms with van der Waals surface area (Å²) < 4.78 is 33.7. The molecular formula is C23H26N4O3S. The zero-order valence-corrected chi connectivity index (χ0v) is 18.8. The predicted octanol–water partition coefficient (Wildman–Crippen LogP) is 3.71. The Balaban J connectivity index is 1.48. The van der Waals surface area contributed by atoms with Crippen LogP contribution in [0.1, 0.15) is 17.0 Å². The van der Waals surface area contributed by atoms with Crippen LogP contribution in [0.25, 0.3) is 0 Å². The smallest absolute Gasteiger partial charge is 0.243 e. The number of anilines is 1. The fourth-order valence-electron chi connectivity index (χ4n) is 3.73. The number of piperazine rings is 1. The molecule has 4 rings (SSSR count). The molecule has 7 nitrogen and oxygen atoms in total. The molecule has 1 aromatic heterocycles. The van der Waals surface area contributed by atoms with E-state index in [1.807, 2.05) is 63.2 Å². The third-order valence-corrected chi connectivity index (χ3v) is 7.34. The summed E-state index contributed by atoms with van der Waals surface area (Å²) in [5, 5.41) is 0. The number of rotatable bonds is 5. The van der Waals surface area contributed by atoms with Crippen LogP contribution in [-0.2, 0) is 10.0 Å². The van der Waals surface area contributed by atoms with Gasteiger partial charge in [0.15, 0.2) is 0 Å². The highest BCUT2D eigenvalue weighted by molar-refractivity contribution is 7.89. The van der Waals surface area contributed by atoms with Crippen LogP contribution in [0.4, 0.5) is 5.82 Å². The molecule has 1 saturated heterocycles. The van der Waals surface area contributed by atoms with E-state index in [2.05, 4.69) is 14.9 Å². The maximum atomic E-state index is 13.1. The second-order valence-electron chi connectivity index (χ2n) is 7.69. The van der Waals surface area contributed by atoms with Gasteiger partial charge in [-0.25, -0.2) is 13.4 Å². The van der Waals surface area contributed by atoms with Gasteiger partial charge in [-0.1, -0.05) is 35.9 Å². The Morgan fingerprint density at radius 2 is 1.58 bits per heavy atom. The normalized spacial score (nSPS) is 15.1. The van der Waals surface area contributed by atoms with Crippen LogP contribution >= 0.6 is 0 Å². The van der Waals surface area contributed by atoms with E-state index in [4.69, 9.17) is 4.74 Å². The molecule has 0 unspecified atom stereocenters. The van der Waals surface area contributed by atoms with Crippen molar-refractivity contribution >= 4 is 15.8 Å². The van der Waals surface area contributed by atoms with Gasteiger partial charge in [0.25, 0.3) is 0 Å². The first-order valence-electron chi connectivity index (χ1n) is 10.2. The number of sulfonamides is 1. The van der Waals surface area contributed by atoms with Crippen LogP contribution in [0.2, 0.25) is 0 Å². The highest BCUT2D eigenvalue weighted by Gasteiger charge is 2.30. The number of para-hydroxylation sites is 1. The number of hydrogen-bond acceptors (Lipinski definition) is 6. The van der Waals surface area contributed by atoms with Crippen LogP contribution in [-0.4, -0.2) is 48.9 Å². The van der Waals surface area contributed by atoms with Gasteiger partial charge in [-0.05, 0) is 44.5 Å². The highest BCUT2D eigenvalue weighted by atomic mass is 32.2. The molecule has 31 heavy (non-hydrogen) atoms. The van der Waals surface area contributed by atoms with E-state index < -0.39 is 10.0 Å². The van der Waals surface area contributed by atoms with Crippen molar-refractivity contribution in [2.45, 2.75) is 25.7 Å². The topological polar surface area (TPSA) is 75.6 Å². The minimum absolute atomic E-state index is 0.378. The molecule has 0 saturated carbocycles. The number of aromatic nitrogens is 2. The van der Waals surface area contributed by atoms with Gasteiger partial charge in [0.05, 0.1) is 4.90 Å². The fourth-order valence-corrected chi connectivity index (χ4v) is 5.36. The summed E-state index contributed by atoms with van der Waals surface area (Å²) in [4.78, 5) is 11.4. The zero-order chi connectivity index (χ0) is 22.0. The second-order valence-corrected chi connectivity index (χ2v) is 9.59. The van der Waals surface area contributed by atoms with E-state index in [0.717, 1.165) is 16.9 Å². The molecule has 1 aliphatic heterocycles. The molecule has 162 valence electrons. The third kappa shape index (κ3) is 4.70. The van der Waals surface area contributed by atoms with Crippen LogP contribution in [0, 0.1) is 20.8 Å². The molecule has 2 aromatic carbocycles. The first kappa shape index (κ1) is 21.3. The number of benzene rings is 2. The monoisotopic (exact) mass is 438 g/mol. The Labute approximate surface area is 183 Å². The van der Waals surface area contributed by atoms with Gasteiger partial charge >= 0.3 is 0 Å². The number of hydrogen-bond donors (Lipinski definition) is 0. The summed E-state index contributed by atoms with van der Waals surface area (Å²) >= 11 is 0. The van der Waals surface area contributed by atoms with Gasteiger partial charge < -0.3 is 9.64 Å². The van der Waals surface area contributed by atoms with Gasteiger partial charge in [-0.3, -0.25) is 0 Å². The summed E-state index contributed by atoms with van der Waals surface area (Å²) in [6, 6.07) is 16.7. The lowest BCUT2D eigenvalue weighted by Gasteiger charge is -2.35. The first-order chi connectivity index (χ1) is 14.8. The lowest BCUT2D eigenvalue weighted by molar-refractivity contribution is 0.382. The second kappa shape index (κ2) is 8.64. The Bertz CT molecular complexity index is 1170. The van der Waals surface area contributed by atoms with E-state index >= 15 is 0 Å². The standard InChI is InChI=1S/C23H26N4O3S/c1-17-9-10-21(18(2)15-17)31(28,29)27-13-11-26(12-14-27)22-16-23(25-19(3)24-22)30-20-7-5-4-6-8-20/h4-10,15-16H,11-14H2,1-3H3. The maximum Gasteiger partial charge on any atom is 0.243 e. The molecular weight excluding hydrogens is 412 g/mol. The number of ether oxygens (including phenoxy) is 1. The van der Waals surface area contributed by atoms with Crippen molar-refractivity contribution in [3.05, 3.63) is 71.5 Å². The molecule has 2 heterocycles. The summed E-state index contributed by atoms with van der Waals surface area (Å²) in [6.07, 6.45) is 0. The quantitative estimate of drug-likeness (QED) is 0.605. The van der Waals surface area contributed by atoms with Gasteiger partial charge in [0, 0.05) is 32.2 Å². The lowest BCUT2D eigenvalue weighted by atomic mass is 10.2. The molecule has 0 bridgehead atoms. The Morgan fingerprint density at radius 3 is 2.26 bits per heavy atom. The fraction of sp³-hybridized carbons (Fsp3) is 0.304. The minimum atomic E-state index is -3.52. The molecule has 3 aromatic rings. The zero-order valence-electron chi connectivity index (χ0n) is 17.9. The van der Waals surface area contributed by atoms with Crippen molar-refractivity contribution in [3.63, 3.8) is 0 Å². The highest BCUT2D eigenvalue weighted by Crippen LogP contribution is 2.26. The van der Waals surface area contributed by atoms with Crippen LogP contribution < -0.4 is 9.64 Å². The summed E-state index contributed by atoms with van der Waals surface area (Å²) in [7, 11) is -3.52. The van der Waals surface area contributed by atoms with Crippen molar-refractivity contribution in [1.29, 1.82) is 0 Å². The summed E-state index contributed by atoms with van der Waals surface area (Å²) in [5.74, 6) is 2.52. The molecule has 0 aliphatic carbocycles. The van der Waals surface area contributed by atoms with Crippen LogP contribution in [0.3, 0.4) is 0 Å². The van der Waals surface area contributed by atoms with E-state index in [1.165, 1.54) is 0 Å². The lowest BCUT2D eigenvalue weighted by Crippen LogP contribution is -2.49. The van der Waals surface area contributed by atoms with Gasteiger partial charge in [0.2, 0.25) is 15.9 Å². The van der Waals surface area contributed by atoms with Crippen molar-refractivity contribution in [1.82, 2.24) is 14.3 Å². The Kier molecular flexibility index (Phi) is 5.93. The van der Waals surface area contributed by atoms with Crippen molar-refractivity contribution < 1.29 is 13.2 Å². The summed E-state index contributed by atoms with van der Waals surface area (Å²) in [6.45, 7) is 7.51. The Hall–Kier alpha value is -2.97. The molecule has 1 fully saturated rings. The molecule has 0 radical (unpaired) electrons. The molecule has 0 spiro atoms. The molecule has 0 atom stereocenters. The van der Waals surface area contributed by atoms with E-state index in [1.54, 1.807) is 16.4 Å². The largest absolute Gasteiger partial charge is 0.439 e. The van der Waals surface area contributed by atoms with Gasteiger partial charge in [-0.2, -0.15) is 9.29 Å². The maximum absolute atomic E-state index is 13.1. The van der Waals surface area contributed by atoms with Crippen LogP contribution in [0.5, 0.6) is 11.6 Å². The van der Waals surface area contributed by atoms with Crippen molar-refractivity contribution in [2.75, 3.05) is 31.1 Å². The molecule has 0 amide bonds. The van der Waals surface area contributed by atoms with Gasteiger partial charge in [0.1, 0.15) is 17.4 Å². The SMILES string of the molecule is Cc1ccc(S(=O)(=O)N2CCN(c3cc(Oc4ccccc4)nc(C)n3)CC2)c(C)c1. The number of aryl methyl sites for hydroxylation is 3. The van der Waals surface area contributed by atoms with E-state index in [9.17, 15) is 8.42 Å². The Morgan fingerprint density at radius 1 is 0.871 bits per heavy atom. The molecule has 0 N–H and O–H groups in total. The van der Waals surface area contributed by atoms with Gasteiger partial charge in [-0.15, -0.1) is 0 Å². The van der Waals surface area contributed by atoms with E-state index in [-0.39, 0.29) is 0 Å². The minimum Gasteiger partial charge on any atom is -0.439 e. The molecule has 8 heteroatoms. The van der Waals surface area contributed by atoms with E-state index in [0.29, 0.717) is 48.5 Å². The predicted molar refractivity (Wildman–Crippen MR) is 120 cm³/mol. The third-order valence-electron chi connectivity index (χ3n) is 5.28. The van der Waals surface area contributed by atoms with Crippen molar-refractivity contribution in [3.8, 4) is 11.6 Å². The average molecular weight is 439 g/mol. The summed E-state index contributed by atoms with van der Waals surface area (Å²) in [5.41, 5.74) is 1.82. The number of nitrogens with zero attached hydrogens (tertiary/aromatic N) is 4. The van der Waals surface area contributed by atoms with Crippen molar-refractivity contribution in [2.24, 2.45) is 0 Å². The average Bonchev–Trinajstić information content (AvgIpc) is 2.74. The molecule has 1 aliphatic rings. The van der Waals surface area contributed by atoms with Crippen LogP contribution in [0.15, 0.2) is 59.5 Å².